The number of hydrogen-bond donors (Lipinski definition) is 0. The molecule has 1 aliphatic heterocycles. The van der Waals surface area contributed by atoms with Gasteiger partial charge in [-0.2, -0.15) is 11.8 Å². The van der Waals surface area contributed by atoms with Crippen molar-refractivity contribution in [2.45, 2.75) is 46.1 Å². The number of amides is 1. The number of likely N-dealkylation sites (tertiary alicyclic amines) is 1. The number of carbonyl (C=O) groups is 1. The Morgan fingerprint density at radius 1 is 1.30 bits per heavy atom. The van der Waals surface area contributed by atoms with Gasteiger partial charge in [0, 0.05) is 6.54 Å². The van der Waals surface area contributed by atoms with Crippen molar-refractivity contribution < 1.29 is 4.79 Å². The summed E-state index contributed by atoms with van der Waals surface area (Å²) < 4.78 is 0. The van der Waals surface area contributed by atoms with Crippen LogP contribution in [0, 0.1) is 13.8 Å². The van der Waals surface area contributed by atoms with Gasteiger partial charge in [-0.1, -0.05) is 36.2 Å². The van der Waals surface area contributed by atoms with Crippen LogP contribution in [0.5, 0.6) is 0 Å². The third-order valence-electron chi connectivity index (χ3n) is 3.78. The van der Waals surface area contributed by atoms with E-state index in [1.165, 1.54) is 16.7 Å². The number of nitrogens with zero attached hydrogens (tertiary/aromatic N) is 1. The summed E-state index contributed by atoms with van der Waals surface area (Å²) in [6, 6.07) is 6.97. The summed E-state index contributed by atoms with van der Waals surface area (Å²) in [5.41, 5.74) is 3.90. The molecule has 110 valence electrons. The number of benzene rings is 1. The molecule has 0 aromatic heterocycles. The molecule has 2 rings (SSSR count). The zero-order valence-corrected chi connectivity index (χ0v) is 13.6. The zero-order chi connectivity index (χ0) is 14.5. The molecule has 1 aromatic rings. The number of aryl methyl sites for hydroxylation is 2. The summed E-state index contributed by atoms with van der Waals surface area (Å²) in [5.74, 6) is 2.02. The van der Waals surface area contributed by atoms with Crippen molar-refractivity contribution in [2.24, 2.45) is 0 Å². The van der Waals surface area contributed by atoms with Gasteiger partial charge in [0.15, 0.2) is 0 Å². The van der Waals surface area contributed by atoms with Crippen molar-refractivity contribution in [3.8, 4) is 0 Å². The SMILES string of the molecule is CCCSCC(=O)N1CCCC1c1cc(C)cc(C)c1. The van der Waals surface area contributed by atoms with E-state index < -0.39 is 0 Å². The Hall–Kier alpha value is -0.960. The molecule has 0 bridgehead atoms. The lowest BCUT2D eigenvalue weighted by Gasteiger charge is -2.25. The second kappa shape index (κ2) is 7.16. The van der Waals surface area contributed by atoms with Crippen molar-refractivity contribution in [3.63, 3.8) is 0 Å². The lowest BCUT2D eigenvalue weighted by atomic mass is 9.99. The van der Waals surface area contributed by atoms with E-state index in [9.17, 15) is 4.79 Å². The van der Waals surface area contributed by atoms with Crippen LogP contribution < -0.4 is 0 Å². The van der Waals surface area contributed by atoms with Crippen LogP contribution in [0.1, 0.15) is 48.9 Å². The highest BCUT2D eigenvalue weighted by Gasteiger charge is 2.29. The molecule has 1 fully saturated rings. The first kappa shape index (κ1) is 15.4. The second-order valence-electron chi connectivity index (χ2n) is 5.72. The van der Waals surface area contributed by atoms with Gasteiger partial charge in [-0.25, -0.2) is 0 Å². The Morgan fingerprint density at radius 3 is 2.65 bits per heavy atom. The van der Waals surface area contributed by atoms with Crippen molar-refractivity contribution in [2.75, 3.05) is 18.1 Å². The molecule has 1 amide bonds. The van der Waals surface area contributed by atoms with E-state index in [0.717, 1.165) is 31.6 Å². The maximum absolute atomic E-state index is 12.4. The van der Waals surface area contributed by atoms with Gasteiger partial charge in [0.25, 0.3) is 0 Å². The third kappa shape index (κ3) is 3.78. The fraction of sp³-hybridized carbons (Fsp3) is 0.588. The van der Waals surface area contributed by atoms with Crippen molar-refractivity contribution in [3.05, 3.63) is 34.9 Å². The minimum absolute atomic E-state index is 0.295. The Bertz CT molecular complexity index is 452. The Balaban J connectivity index is 2.08. The molecule has 1 atom stereocenters. The van der Waals surface area contributed by atoms with E-state index in [-0.39, 0.29) is 0 Å². The molecule has 0 radical (unpaired) electrons. The molecule has 0 N–H and O–H groups in total. The number of thioether (sulfide) groups is 1. The van der Waals surface area contributed by atoms with E-state index in [2.05, 4.69) is 43.9 Å². The van der Waals surface area contributed by atoms with E-state index in [4.69, 9.17) is 0 Å². The smallest absolute Gasteiger partial charge is 0.233 e. The molecule has 0 spiro atoms. The fourth-order valence-corrected chi connectivity index (χ4v) is 3.77. The first-order chi connectivity index (χ1) is 9.61. The molecule has 1 aromatic carbocycles. The van der Waals surface area contributed by atoms with Crippen molar-refractivity contribution in [1.82, 2.24) is 4.90 Å². The average Bonchev–Trinajstić information content (AvgIpc) is 2.87. The van der Waals surface area contributed by atoms with Crippen LogP contribution in [0.4, 0.5) is 0 Å². The Kier molecular flexibility index (Phi) is 5.53. The molecule has 0 aliphatic carbocycles. The highest BCUT2D eigenvalue weighted by molar-refractivity contribution is 7.99. The highest BCUT2D eigenvalue weighted by atomic mass is 32.2. The van der Waals surface area contributed by atoms with Crippen LogP contribution in [0.25, 0.3) is 0 Å². The van der Waals surface area contributed by atoms with Gasteiger partial charge >= 0.3 is 0 Å². The van der Waals surface area contributed by atoms with Crippen LogP contribution in [0.2, 0.25) is 0 Å². The molecule has 20 heavy (non-hydrogen) atoms. The Morgan fingerprint density at radius 2 is 2.00 bits per heavy atom. The number of rotatable bonds is 5. The summed E-state index contributed by atoms with van der Waals surface area (Å²) in [7, 11) is 0. The van der Waals surface area contributed by atoms with Gasteiger partial charge in [0.05, 0.1) is 11.8 Å². The molecular weight excluding hydrogens is 266 g/mol. The zero-order valence-electron chi connectivity index (χ0n) is 12.8. The summed E-state index contributed by atoms with van der Waals surface area (Å²) in [6.45, 7) is 7.35. The third-order valence-corrected chi connectivity index (χ3v) is 4.92. The monoisotopic (exact) mass is 291 g/mol. The van der Waals surface area contributed by atoms with Gasteiger partial charge in [0.2, 0.25) is 5.91 Å². The standard InChI is InChI=1S/C17H25NOS/c1-4-8-20-12-17(19)18-7-5-6-16(18)15-10-13(2)9-14(3)11-15/h9-11,16H,4-8,12H2,1-3H3. The first-order valence-electron chi connectivity index (χ1n) is 7.57. The molecule has 1 saturated heterocycles. The summed E-state index contributed by atoms with van der Waals surface area (Å²) in [5, 5.41) is 0. The predicted octanol–water partition coefficient (Wildman–Crippen LogP) is 4.11. The lowest BCUT2D eigenvalue weighted by Crippen LogP contribution is -2.32. The fourth-order valence-electron chi connectivity index (χ4n) is 3.00. The maximum Gasteiger partial charge on any atom is 0.233 e. The minimum Gasteiger partial charge on any atom is -0.335 e. The molecule has 2 nitrogen and oxygen atoms in total. The van der Waals surface area contributed by atoms with E-state index in [1.54, 1.807) is 11.8 Å². The molecule has 1 aliphatic rings. The first-order valence-corrected chi connectivity index (χ1v) is 8.72. The lowest BCUT2D eigenvalue weighted by molar-refractivity contribution is -0.129. The van der Waals surface area contributed by atoms with Gasteiger partial charge < -0.3 is 4.90 Å². The Labute approximate surface area is 126 Å². The van der Waals surface area contributed by atoms with Crippen LogP contribution in [-0.4, -0.2) is 28.9 Å². The van der Waals surface area contributed by atoms with Gasteiger partial charge in [-0.05, 0) is 44.4 Å². The summed E-state index contributed by atoms with van der Waals surface area (Å²) in [4.78, 5) is 14.5. The summed E-state index contributed by atoms with van der Waals surface area (Å²) in [6.07, 6.45) is 3.37. The molecule has 1 unspecified atom stereocenters. The predicted molar refractivity (Wildman–Crippen MR) is 87.2 cm³/mol. The van der Waals surface area contributed by atoms with Crippen LogP contribution >= 0.6 is 11.8 Å². The normalized spacial score (nSPS) is 18.6. The van der Waals surface area contributed by atoms with Gasteiger partial charge in [0.1, 0.15) is 0 Å². The quantitative estimate of drug-likeness (QED) is 0.761. The van der Waals surface area contributed by atoms with Crippen LogP contribution in [0.15, 0.2) is 18.2 Å². The van der Waals surface area contributed by atoms with Crippen molar-refractivity contribution in [1.29, 1.82) is 0 Å². The van der Waals surface area contributed by atoms with Gasteiger partial charge in [-0.15, -0.1) is 0 Å². The number of hydrogen-bond acceptors (Lipinski definition) is 2. The van der Waals surface area contributed by atoms with Crippen LogP contribution in [0.3, 0.4) is 0 Å². The second-order valence-corrected chi connectivity index (χ2v) is 6.82. The largest absolute Gasteiger partial charge is 0.335 e. The topological polar surface area (TPSA) is 20.3 Å². The molecule has 1 heterocycles. The molecule has 0 saturated carbocycles. The molecular formula is C17H25NOS. The van der Waals surface area contributed by atoms with E-state index in [0.29, 0.717) is 17.7 Å². The van der Waals surface area contributed by atoms with Crippen molar-refractivity contribution >= 4 is 17.7 Å². The van der Waals surface area contributed by atoms with Crippen LogP contribution in [-0.2, 0) is 4.79 Å². The number of carbonyl (C=O) groups excluding carboxylic acids is 1. The van der Waals surface area contributed by atoms with E-state index in [1.807, 2.05) is 0 Å². The highest BCUT2D eigenvalue weighted by Crippen LogP contribution is 2.33. The minimum atomic E-state index is 0.295. The van der Waals surface area contributed by atoms with E-state index >= 15 is 0 Å². The maximum atomic E-state index is 12.4. The molecule has 3 heteroatoms. The summed E-state index contributed by atoms with van der Waals surface area (Å²) >= 11 is 1.76. The van der Waals surface area contributed by atoms with Gasteiger partial charge in [-0.3, -0.25) is 4.79 Å². The average molecular weight is 291 g/mol.